The van der Waals surface area contributed by atoms with Crippen molar-refractivity contribution in [2.75, 3.05) is 24.3 Å². The number of nitrogens with zero attached hydrogens (tertiary/aromatic N) is 2. The van der Waals surface area contributed by atoms with Gasteiger partial charge in [-0.25, -0.2) is 4.39 Å². The van der Waals surface area contributed by atoms with E-state index >= 15 is 0 Å². The number of benzene rings is 2. The van der Waals surface area contributed by atoms with Gasteiger partial charge < -0.3 is 10.2 Å². The van der Waals surface area contributed by atoms with Gasteiger partial charge in [0.2, 0.25) is 0 Å². The second kappa shape index (κ2) is 8.58. The number of Topliss-reactive ketones (excluding diaryl/α,β-unsaturated/α-hetero) is 1. The number of carbonyl (C=O) groups excluding carboxylic acids is 2. The minimum Gasteiger partial charge on any atom is -0.378 e. The summed E-state index contributed by atoms with van der Waals surface area (Å²) in [7, 11) is 3.93. The molecule has 1 saturated carbocycles. The fraction of sp³-hybridized carbons (Fsp3) is 0.370. The molecule has 4 rings (SSSR count). The average molecular weight is 448 g/mol. The fourth-order valence-corrected chi connectivity index (χ4v) is 4.99. The summed E-state index contributed by atoms with van der Waals surface area (Å²) in [6.07, 6.45) is 1.16. The van der Waals surface area contributed by atoms with Gasteiger partial charge in [-0.2, -0.15) is 0 Å². The molecule has 0 unspecified atom stereocenters. The zero-order chi connectivity index (χ0) is 23.9. The molecule has 6 heteroatoms. The quantitative estimate of drug-likeness (QED) is 0.687. The van der Waals surface area contributed by atoms with Crippen LogP contribution in [0.15, 0.2) is 64.8 Å². The van der Waals surface area contributed by atoms with E-state index in [1.165, 1.54) is 12.1 Å². The molecule has 2 aromatic rings. The number of rotatable bonds is 4. The summed E-state index contributed by atoms with van der Waals surface area (Å²) in [6, 6.07) is 13.8. The standard InChI is InChI=1S/C27H30FN3O2/c1-16-23(26(33)30-19-8-6-7-18(28)13-19)24(17-9-11-20(12-10-17)31(4)5)25-21(29-16)14-27(2,3)15-22(25)32/h6-13,24-25H,14-15H2,1-5H3,(H,30,33)/t24-,25-/m0/s1. The Hall–Kier alpha value is -3.28. The van der Waals surface area contributed by atoms with Crippen LogP contribution in [0.5, 0.6) is 0 Å². The lowest BCUT2D eigenvalue weighted by molar-refractivity contribution is -0.124. The lowest BCUT2D eigenvalue weighted by atomic mass is 9.63. The lowest BCUT2D eigenvalue weighted by Crippen LogP contribution is -2.44. The Morgan fingerprint density at radius 2 is 1.79 bits per heavy atom. The number of nitrogens with one attached hydrogen (secondary N) is 1. The van der Waals surface area contributed by atoms with E-state index in [9.17, 15) is 14.0 Å². The van der Waals surface area contributed by atoms with Crippen LogP contribution in [0.2, 0.25) is 0 Å². The Balaban J connectivity index is 1.80. The highest BCUT2D eigenvalue weighted by Crippen LogP contribution is 2.47. The average Bonchev–Trinajstić information content (AvgIpc) is 2.71. The minimum atomic E-state index is -0.472. The zero-order valence-electron chi connectivity index (χ0n) is 19.8. The van der Waals surface area contributed by atoms with Gasteiger partial charge in [0.25, 0.3) is 5.91 Å². The molecule has 0 radical (unpaired) electrons. The van der Waals surface area contributed by atoms with Crippen LogP contribution in [-0.2, 0) is 9.59 Å². The van der Waals surface area contributed by atoms with Gasteiger partial charge in [0.05, 0.1) is 5.92 Å². The molecule has 2 aromatic carbocycles. The highest BCUT2D eigenvalue weighted by molar-refractivity contribution is 6.14. The third kappa shape index (κ3) is 4.61. The van der Waals surface area contributed by atoms with Crippen LogP contribution in [0.25, 0.3) is 0 Å². The number of aliphatic imine (C=N–C) groups is 1. The molecule has 1 aliphatic heterocycles. The van der Waals surface area contributed by atoms with Crippen LogP contribution in [0, 0.1) is 17.2 Å². The molecule has 2 atom stereocenters. The van der Waals surface area contributed by atoms with E-state index in [4.69, 9.17) is 4.99 Å². The topological polar surface area (TPSA) is 61.8 Å². The first-order chi connectivity index (χ1) is 15.6. The number of fused-ring (bicyclic) bond motifs is 1. The van der Waals surface area contributed by atoms with Gasteiger partial charge in [0.15, 0.2) is 0 Å². The van der Waals surface area contributed by atoms with Crippen LogP contribution < -0.4 is 10.2 Å². The number of allylic oxidation sites excluding steroid dienone is 1. The second-order valence-corrected chi connectivity index (χ2v) is 9.99. The van der Waals surface area contributed by atoms with Gasteiger partial charge in [-0.1, -0.05) is 32.0 Å². The van der Waals surface area contributed by atoms with Gasteiger partial charge in [0, 0.05) is 54.8 Å². The molecule has 1 heterocycles. The summed E-state index contributed by atoms with van der Waals surface area (Å²) in [5.74, 6) is -1.59. The fourth-order valence-electron chi connectivity index (χ4n) is 4.99. The first-order valence-corrected chi connectivity index (χ1v) is 11.2. The zero-order valence-corrected chi connectivity index (χ0v) is 19.8. The molecule has 172 valence electrons. The Labute approximate surface area is 194 Å². The van der Waals surface area contributed by atoms with Gasteiger partial charge >= 0.3 is 0 Å². The minimum absolute atomic E-state index is 0.107. The maximum Gasteiger partial charge on any atom is 0.254 e. The molecule has 2 aliphatic rings. The van der Waals surface area contributed by atoms with Crippen molar-refractivity contribution < 1.29 is 14.0 Å². The van der Waals surface area contributed by atoms with Crippen LogP contribution >= 0.6 is 0 Å². The number of carbonyl (C=O) groups is 2. The lowest BCUT2D eigenvalue weighted by Gasteiger charge is -2.41. The van der Waals surface area contributed by atoms with Crippen molar-refractivity contribution in [1.29, 1.82) is 0 Å². The van der Waals surface area contributed by atoms with Gasteiger partial charge in [0.1, 0.15) is 11.6 Å². The molecule has 1 fully saturated rings. The third-order valence-electron chi connectivity index (χ3n) is 6.46. The normalized spacial score (nSPS) is 21.9. The highest BCUT2D eigenvalue weighted by atomic mass is 19.1. The van der Waals surface area contributed by atoms with E-state index in [1.54, 1.807) is 12.1 Å². The summed E-state index contributed by atoms with van der Waals surface area (Å²) in [6.45, 7) is 5.97. The highest BCUT2D eigenvalue weighted by Gasteiger charge is 2.47. The predicted octanol–water partition coefficient (Wildman–Crippen LogP) is 5.35. The molecule has 0 bridgehead atoms. The molecular weight excluding hydrogens is 417 g/mol. The van der Waals surface area contributed by atoms with E-state index < -0.39 is 17.7 Å². The summed E-state index contributed by atoms with van der Waals surface area (Å²) >= 11 is 0. The summed E-state index contributed by atoms with van der Waals surface area (Å²) < 4.78 is 13.7. The van der Waals surface area contributed by atoms with E-state index in [0.29, 0.717) is 29.8 Å². The molecule has 1 aliphatic carbocycles. The molecule has 5 nitrogen and oxygen atoms in total. The summed E-state index contributed by atoms with van der Waals surface area (Å²) in [5.41, 5.74) is 4.04. The third-order valence-corrected chi connectivity index (χ3v) is 6.46. The van der Waals surface area contributed by atoms with Crippen LogP contribution in [-0.4, -0.2) is 31.5 Å². The molecule has 33 heavy (non-hydrogen) atoms. The number of halogens is 1. The van der Waals surface area contributed by atoms with Crippen molar-refractivity contribution in [1.82, 2.24) is 0 Å². The number of hydrogen-bond acceptors (Lipinski definition) is 4. The van der Waals surface area contributed by atoms with Crippen LogP contribution in [0.1, 0.15) is 45.1 Å². The van der Waals surface area contributed by atoms with Crippen molar-refractivity contribution in [2.45, 2.75) is 39.5 Å². The number of amides is 1. The SMILES string of the molecule is CC1=C(C(=O)Nc2cccc(F)c2)[C@H](c2ccc(N(C)C)cc2)[C@@H]2C(=O)CC(C)(C)CC2=N1. The van der Waals surface area contributed by atoms with Crippen LogP contribution in [0.4, 0.5) is 15.8 Å². The van der Waals surface area contributed by atoms with E-state index in [0.717, 1.165) is 17.0 Å². The number of hydrogen-bond donors (Lipinski definition) is 1. The van der Waals surface area contributed by atoms with E-state index in [1.807, 2.05) is 50.2 Å². The summed E-state index contributed by atoms with van der Waals surface area (Å²) in [5, 5.41) is 2.81. The van der Waals surface area contributed by atoms with Crippen molar-refractivity contribution in [3.05, 3.63) is 71.2 Å². The first-order valence-electron chi connectivity index (χ1n) is 11.2. The Bertz CT molecular complexity index is 1160. The molecule has 0 aromatic heterocycles. The molecule has 1 N–H and O–H groups in total. The van der Waals surface area contributed by atoms with E-state index in [-0.39, 0.29) is 17.1 Å². The van der Waals surface area contributed by atoms with Gasteiger partial charge in [-0.15, -0.1) is 0 Å². The Morgan fingerprint density at radius 1 is 1.09 bits per heavy atom. The maximum absolute atomic E-state index is 13.7. The van der Waals surface area contributed by atoms with Gasteiger partial charge in [-0.3, -0.25) is 14.6 Å². The van der Waals surface area contributed by atoms with Crippen molar-refractivity contribution >= 4 is 28.8 Å². The maximum atomic E-state index is 13.7. The molecule has 0 saturated heterocycles. The second-order valence-electron chi connectivity index (χ2n) is 9.99. The van der Waals surface area contributed by atoms with E-state index in [2.05, 4.69) is 19.2 Å². The van der Waals surface area contributed by atoms with Gasteiger partial charge in [-0.05, 0) is 54.7 Å². The first kappa shape index (κ1) is 22.9. The smallest absolute Gasteiger partial charge is 0.254 e. The largest absolute Gasteiger partial charge is 0.378 e. The molecule has 1 amide bonds. The molecule has 0 spiro atoms. The summed E-state index contributed by atoms with van der Waals surface area (Å²) in [4.78, 5) is 33.6. The predicted molar refractivity (Wildman–Crippen MR) is 130 cm³/mol. The number of anilines is 2. The molecular formula is C27H30FN3O2. The van der Waals surface area contributed by atoms with Crippen LogP contribution in [0.3, 0.4) is 0 Å². The van der Waals surface area contributed by atoms with Crippen molar-refractivity contribution in [3.8, 4) is 0 Å². The van der Waals surface area contributed by atoms with Crippen molar-refractivity contribution in [3.63, 3.8) is 0 Å². The Morgan fingerprint density at radius 3 is 2.42 bits per heavy atom. The van der Waals surface area contributed by atoms with Crippen molar-refractivity contribution in [2.24, 2.45) is 16.3 Å². The number of ketones is 1. The Kier molecular flexibility index (Phi) is 5.95. The monoisotopic (exact) mass is 447 g/mol.